The number of amides is 1. The van der Waals surface area contributed by atoms with E-state index in [2.05, 4.69) is 0 Å². The molecule has 1 amide bonds. The zero-order chi connectivity index (χ0) is 22.1. The Labute approximate surface area is 190 Å². The van der Waals surface area contributed by atoms with Crippen molar-refractivity contribution >= 4 is 37.3 Å². The Morgan fingerprint density at radius 3 is 2.75 bits per heavy atom. The molecular weight excluding hydrogens is 448 g/mol. The first-order valence-electron chi connectivity index (χ1n) is 10.8. The fourth-order valence-electron chi connectivity index (χ4n) is 4.22. The average molecular weight is 473 g/mol. The first-order chi connectivity index (χ1) is 15.5. The van der Waals surface area contributed by atoms with E-state index < -0.39 is 9.84 Å². The molecule has 3 aromatic rings. The van der Waals surface area contributed by atoms with Gasteiger partial charge in [0.25, 0.3) is 0 Å². The van der Waals surface area contributed by atoms with E-state index in [0.29, 0.717) is 31.3 Å². The van der Waals surface area contributed by atoms with E-state index in [-0.39, 0.29) is 29.0 Å². The van der Waals surface area contributed by atoms with Crippen molar-refractivity contribution in [2.75, 3.05) is 25.5 Å². The van der Waals surface area contributed by atoms with E-state index in [9.17, 15) is 13.2 Å². The summed E-state index contributed by atoms with van der Waals surface area (Å²) in [6.07, 6.45) is 2.74. The van der Waals surface area contributed by atoms with Crippen LogP contribution in [0.2, 0.25) is 0 Å². The third-order valence-electron chi connectivity index (χ3n) is 5.88. The Bertz CT molecular complexity index is 1220. The van der Waals surface area contributed by atoms with Gasteiger partial charge >= 0.3 is 0 Å². The van der Waals surface area contributed by atoms with Crippen molar-refractivity contribution in [1.29, 1.82) is 0 Å². The number of fused-ring (bicyclic) bond motifs is 2. The summed E-state index contributed by atoms with van der Waals surface area (Å²) in [5, 5.41) is 0.925. The maximum absolute atomic E-state index is 13.1. The lowest BCUT2D eigenvalue weighted by molar-refractivity contribution is -0.134. The fraction of sp³-hybridized carbons (Fsp3) is 0.391. The van der Waals surface area contributed by atoms with Gasteiger partial charge in [0.05, 0.1) is 26.9 Å². The average Bonchev–Trinajstić information content (AvgIpc) is 3.26. The van der Waals surface area contributed by atoms with Crippen LogP contribution in [0.25, 0.3) is 10.2 Å². The number of likely N-dealkylation sites (tertiary alicyclic amines) is 1. The van der Waals surface area contributed by atoms with E-state index in [1.54, 1.807) is 17.4 Å². The predicted octanol–water partition coefficient (Wildman–Crippen LogP) is 3.99. The van der Waals surface area contributed by atoms with Gasteiger partial charge in [-0.3, -0.25) is 4.79 Å². The van der Waals surface area contributed by atoms with Crippen molar-refractivity contribution in [3.05, 3.63) is 47.5 Å². The van der Waals surface area contributed by atoms with Gasteiger partial charge in [0.2, 0.25) is 5.91 Å². The molecule has 1 fully saturated rings. The van der Waals surface area contributed by atoms with Gasteiger partial charge in [-0.05, 0) is 43.5 Å². The van der Waals surface area contributed by atoms with E-state index in [1.807, 2.05) is 29.2 Å². The van der Waals surface area contributed by atoms with E-state index in [1.165, 1.54) is 12.1 Å². The molecule has 0 bridgehead atoms. The highest BCUT2D eigenvalue weighted by Gasteiger charge is 2.31. The van der Waals surface area contributed by atoms with Gasteiger partial charge in [-0.25, -0.2) is 13.4 Å². The third kappa shape index (κ3) is 4.19. The van der Waals surface area contributed by atoms with Crippen LogP contribution in [0.15, 0.2) is 47.4 Å². The summed E-state index contributed by atoms with van der Waals surface area (Å²) in [5.74, 6) is 0.582. The maximum atomic E-state index is 13.1. The van der Waals surface area contributed by atoms with E-state index in [4.69, 9.17) is 14.5 Å². The predicted molar refractivity (Wildman–Crippen MR) is 122 cm³/mol. The van der Waals surface area contributed by atoms with Crippen LogP contribution in [0, 0.1) is 0 Å². The summed E-state index contributed by atoms with van der Waals surface area (Å²) in [7, 11) is -3.63. The molecule has 168 valence electrons. The summed E-state index contributed by atoms with van der Waals surface area (Å²) in [6.45, 7) is 1.46. The van der Waals surface area contributed by atoms with Gasteiger partial charge < -0.3 is 14.4 Å². The highest BCUT2D eigenvalue weighted by molar-refractivity contribution is 7.91. The zero-order valence-corrected chi connectivity index (χ0v) is 19.2. The van der Waals surface area contributed by atoms with Gasteiger partial charge in [-0.2, -0.15) is 0 Å². The number of piperidine rings is 1. The molecule has 0 unspecified atom stereocenters. The molecule has 0 saturated carbocycles. The van der Waals surface area contributed by atoms with E-state index >= 15 is 0 Å². The number of benzene rings is 2. The molecule has 3 heterocycles. The van der Waals surface area contributed by atoms with Crippen molar-refractivity contribution in [3.63, 3.8) is 0 Å². The largest absolute Gasteiger partial charge is 0.486 e. The lowest BCUT2D eigenvalue weighted by Crippen LogP contribution is -2.39. The van der Waals surface area contributed by atoms with Crippen molar-refractivity contribution in [1.82, 2.24) is 9.88 Å². The number of carbonyl (C=O) groups excluding carboxylic acids is 1. The number of sulfone groups is 1. The molecule has 1 aromatic heterocycles. The Morgan fingerprint density at radius 2 is 1.91 bits per heavy atom. The van der Waals surface area contributed by atoms with Gasteiger partial charge in [0.15, 0.2) is 21.3 Å². The number of ether oxygens (including phenoxy) is 2. The Kier molecular flexibility index (Phi) is 5.77. The van der Waals surface area contributed by atoms with Gasteiger partial charge in [0.1, 0.15) is 18.2 Å². The molecule has 2 aromatic carbocycles. The van der Waals surface area contributed by atoms with Crippen LogP contribution in [0.4, 0.5) is 0 Å². The van der Waals surface area contributed by atoms with Crippen LogP contribution >= 0.6 is 11.3 Å². The molecule has 1 atom stereocenters. The standard InChI is InChI=1S/C23H24N2O5S2/c26-22(10-14-32(27,28)16-8-9-19-20(15-16)30-13-12-29-19)25-11-4-3-6-18(25)23-24-17-5-1-2-7-21(17)31-23/h1-2,5,7-9,15,18H,3-4,6,10-14H2/t18-/m0/s1. The number of hydrogen-bond acceptors (Lipinski definition) is 7. The lowest BCUT2D eigenvalue weighted by Gasteiger charge is -2.34. The van der Waals surface area contributed by atoms with E-state index in [0.717, 1.165) is 34.5 Å². The molecule has 5 rings (SSSR count). The fourth-order valence-corrected chi connectivity index (χ4v) is 6.58. The number of nitrogens with zero attached hydrogens (tertiary/aromatic N) is 2. The van der Waals surface area contributed by atoms with Crippen molar-refractivity contribution in [2.45, 2.75) is 36.6 Å². The molecule has 0 radical (unpaired) electrons. The smallest absolute Gasteiger partial charge is 0.224 e. The summed E-state index contributed by atoms with van der Waals surface area (Å²) >= 11 is 1.61. The normalized spacial score (nSPS) is 18.6. The Balaban J connectivity index is 1.30. The molecule has 2 aliphatic rings. The van der Waals surface area contributed by atoms with Crippen LogP contribution in [0.1, 0.15) is 36.7 Å². The first kappa shape index (κ1) is 21.2. The number of para-hydroxylation sites is 1. The molecule has 0 N–H and O–H groups in total. The summed E-state index contributed by atoms with van der Waals surface area (Å²) < 4.78 is 37.8. The topological polar surface area (TPSA) is 85.8 Å². The summed E-state index contributed by atoms with van der Waals surface area (Å²) in [6, 6.07) is 12.5. The minimum atomic E-state index is -3.63. The Morgan fingerprint density at radius 1 is 1.09 bits per heavy atom. The zero-order valence-electron chi connectivity index (χ0n) is 17.5. The molecule has 1 saturated heterocycles. The van der Waals surface area contributed by atoms with Gasteiger partial charge in [-0.1, -0.05) is 12.1 Å². The first-order valence-corrected chi connectivity index (χ1v) is 13.3. The van der Waals surface area contributed by atoms with Crippen LogP contribution in [-0.2, 0) is 14.6 Å². The second-order valence-corrected chi connectivity index (χ2v) is 11.2. The van der Waals surface area contributed by atoms with Crippen LogP contribution in [-0.4, -0.2) is 49.7 Å². The molecule has 0 spiro atoms. The Hall–Kier alpha value is -2.65. The second kappa shape index (κ2) is 8.71. The van der Waals surface area contributed by atoms with Crippen LogP contribution in [0.3, 0.4) is 0 Å². The van der Waals surface area contributed by atoms with Gasteiger partial charge in [0, 0.05) is 19.0 Å². The number of thiazole rings is 1. The maximum Gasteiger partial charge on any atom is 0.224 e. The minimum Gasteiger partial charge on any atom is -0.486 e. The highest BCUT2D eigenvalue weighted by Crippen LogP contribution is 2.36. The molecular formula is C23H24N2O5S2. The van der Waals surface area contributed by atoms with Gasteiger partial charge in [-0.15, -0.1) is 11.3 Å². The molecule has 2 aliphatic heterocycles. The van der Waals surface area contributed by atoms with Crippen molar-refractivity contribution in [3.8, 4) is 11.5 Å². The summed E-state index contributed by atoms with van der Waals surface area (Å²) in [4.78, 5) is 19.8. The second-order valence-electron chi connectivity index (χ2n) is 7.99. The minimum absolute atomic E-state index is 0.0574. The summed E-state index contributed by atoms with van der Waals surface area (Å²) in [5.41, 5.74) is 0.937. The number of aromatic nitrogens is 1. The molecule has 32 heavy (non-hydrogen) atoms. The highest BCUT2D eigenvalue weighted by atomic mass is 32.2. The molecule has 0 aliphatic carbocycles. The third-order valence-corrected chi connectivity index (χ3v) is 8.73. The molecule has 7 nitrogen and oxygen atoms in total. The monoisotopic (exact) mass is 472 g/mol. The molecule has 9 heteroatoms. The quantitative estimate of drug-likeness (QED) is 0.558. The SMILES string of the molecule is O=C(CCS(=O)(=O)c1ccc2c(c1)OCCO2)N1CCCC[C@H]1c1nc2ccccc2s1. The number of rotatable bonds is 5. The van der Waals surface area contributed by atoms with Crippen molar-refractivity contribution in [2.24, 2.45) is 0 Å². The van der Waals surface area contributed by atoms with Crippen molar-refractivity contribution < 1.29 is 22.7 Å². The number of carbonyl (C=O) groups is 1. The van der Waals surface area contributed by atoms with Crippen LogP contribution in [0.5, 0.6) is 11.5 Å². The van der Waals surface area contributed by atoms with Crippen LogP contribution < -0.4 is 9.47 Å². The number of hydrogen-bond donors (Lipinski definition) is 0. The lowest BCUT2D eigenvalue weighted by atomic mass is 10.0.